The normalized spacial score (nSPS) is 11.7. The van der Waals surface area contributed by atoms with Gasteiger partial charge in [-0.05, 0) is 49.7 Å². The number of halogens is 1. The first-order chi connectivity index (χ1) is 16.2. The molecule has 0 fully saturated rings. The molecule has 2 aromatic heterocycles. The summed E-state index contributed by atoms with van der Waals surface area (Å²) in [5.41, 5.74) is 4.99. The zero-order valence-corrected chi connectivity index (χ0v) is 21.6. The number of carbonyl (C=O) groups excluding carboxylic acids is 1. The largest absolute Gasteiger partial charge is 0.493 e. The summed E-state index contributed by atoms with van der Waals surface area (Å²) >= 11 is 7.58. The molecule has 0 saturated carbocycles. The molecule has 2 heterocycles. The van der Waals surface area contributed by atoms with Gasteiger partial charge >= 0.3 is 0 Å². The van der Waals surface area contributed by atoms with Crippen molar-refractivity contribution in [3.8, 4) is 16.9 Å². The monoisotopic (exact) mass is 493 g/mol. The predicted molar refractivity (Wildman–Crippen MR) is 140 cm³/mol. The van der Waals surface area contributed by atoms with Crippen molar-refractivity contribution in [3.63, 3.8) is 0 Å². The number of hydrogen-bond donors (Lipinski definition) is 0. The average molecular weight is 494 g/mol. The first kappa shape index (κ1) is 24.3. The highest BCUT2D eigenvalue weighted by Gasteiger charge is 2.23. The number of para-hydroxylation sites is 1. The van der Waals surface area contributed by atoms with E-state index in [-0.39, 0.29) is 17.0 Å². The Labute approximate surface area is 209 Å². The summed E-state index contributed by atoms with van der Waals surface area (Å²) in [6.45, 7) is 10.8. The van der Waals surface area contributed by atoms with Gasteiger partial charge in [0.2, 0.25) is 0 Å². The number of ketones is 1. The van der Waals surface area contributed by atoms with Crippen LogP contribution in [0.2, 0.25) is 5.02 Å². The third-order valence-corrected chi connectivity index (χ3v) is 6.72. The van der Waals surface area contributed by atoms with Crippen molar-refractivity contribution in [1.29, 1.82) is 0 Å². The summed E-state index contributed by atoms with van der Waals surface area (Å²) in [6, 6.07) is 17.1. The Kier molecular flexibility index (Phi) is 7.01. The van der Waals surface area contributed by atoms with Gasteiger partial charge in [0.25, 0.3) is 0 Å². The Morgan fingerprint density at radius 3 is 2.50 bits per heavy atom. The highest BCUT2D eigenvalue weighted by molar-refractivity contribution is 7.99. The number of hydrogen-bond acceptors (Lipinski definition) is 5. The van der Waals surface area contributed by atoms with Gasteiger partial charge < -0.3 is 4.74 Å². The molecule has 0 unspecified atom stereocenters. The number of fused-ring (bicyclic) bond motifs is 1. The first-order valence-corrected chi connectivity index (χ1v) is 12.6. The van der Waals surface area contributed by atoms with Gasteiger partial charge in [-0.3, -0.25) is 4.79 Å². The van der Waals surface area contributed by atoms with Crippen molar-refractivity contribution in [3.05, 3.63) is 76.6 Å². The minimum Gasteiger partial charge on any atom is -0.493 e. The van der Waals surface area contributed by atoms with E-state index in [2.05, 4.69) is 20.8 Å². The van der Waals surface area contributed by atoms with E-state index in [4.69, 9.17) is 26.4 Å². The third kappa shape index (κ3) is 4.98. The number of carbonyl (C=O) groups is 1. The minimum absolute atomic E-state index is 0.0122. The molecule has 0 saturated heterocycles. The highest BCUT2D eigenvalue weighted by atomic mass is 35.5. The van der Waals surface area contributed by atoms with Crippen LogP contribution in [0.25, 0.3) is 16.8 Å². The van der Waals surface area contributed by atoms with Crippen LogP contribution in [0.15, 0.2) is 59.6 Å². The lowest BCUT2D eigenvalue weighted by molar-refractivity contribution is 0.101. The van der Waals surface area contributed by atoms with Gasteiger partial charge in [0.15, 0.2) is 11.4 Å². The number of nitrogens with zero attached hydrogens (tertiary/aromatic N) is 3. The molecule has 0 atom stereocenters. The molecule has 4 aromatic rings. The Hall–Kier alpha value is -2.83. The number of aromatic nitrogens is 3. The molecule has 0 amide bonds. The second-order valence-electron chi connectivity index (χ2n) is 9.07. The maximum atomic E-state index is 13.1. The highest BCUT2D eigenvalue weighted by Crippen LogP contribution is 2.34. The second-order valence-corrected chi connectivity index (χ2v) is 10.5. The molecule has 0 radical (unpaired) electrons. The van der Waals surface area contributed by atoms with Gasteiger partial charge in [-0.2, -0.15) is 5.10 Å². The molecule has 0 aliphatic heterocycles. The summed E-state index contributed by atoms with van der Waals surface area (Å²) in [7, 11) is 0. The van der Waals surface area contributed by atoms with E-state index >= 15 is 0 Å². The lowest BCUT2D eigenvalue weighted by atomic mass is 9.92. The number of benzene rings is 2. The summed E-state index contributed by atoms with van der Waals surface area (Å²) < 4.78 is 7.50. The van der Waals surface area contributed by atoms with Crippen LogP contribution in [0.1, 0.15) is 49.4 Å². The topological polar surface area (TPSA) is 56.5 Å². The SMILES string of the molecule is CCOc1ccccc1C(=O)CSc1cc(C(C)(C)C)nc2c(-c3ccc(Cl)cc3)c(C)nn12. The van der Waals surface area contributed by atoms with E-state index in [0.717, 1.165) is 33.2 Å². The standard InChI is InChI=1S/C27H28ClN3O2S/c1-6-33-22-10-8-7-9-20(22)21(32)16-34-24-15-23(27(3,4)5)29-26-25(17(2)30-31(24)26)18-11-13-19(28)14-12-18/h7-15H,6,16H2,1-5H3. The summed E-state index contributed by atoms with van der Waals surface area (Å²) in [5.74, 6) is 0.894. The molecular formula is C27H28ClN3O2S. The lowest BCUT2D eigenvalue weighted by Gasteiger charge is -2.19. The number of rotatable bonds is 7. The molecule has 0 spiro atoms. The Morgan fingerprint density at radius 1 is 1.12 bits per heavy atom. The van der Waals surface area contributed by atoms with E-state index in [1.807, 2.05) is 73.0 Å². The molecule has 2 aromatic carbocycles. The Balaban J connectivity index is 1.76. The quantitative estimate of drug-likeness (QED) is 0.157. The van der Waals surface area contributed by atoms with Crippen LogP contribution in [-0.4, -0.2) is 32.7 Å². The van der Waals surface area contributed by atoms with Crippen molar-refractivity contribution in [1.82, 2.24) is 14.6 Å². The Bertz CT molecular complexity index is 1340. The molecule has 176 valence electrons. The lowest BCUT2D eigenvalue weighted by Crippen LogP contribution is -2.15. The predicted octanol–water partition coefficient (Wildman–Crippen LogP) is 7.03. The van der Waals surface area contributed by atoms with Gasteiger partial charge in [-0.25, -0.2) is 9.50 Å². The fraction of sp³-hybridized carbons (Fsp3) is 0.296. The minimum atomic E-state index is -0.169. The number of thioether (sulfide) groups is 1. The second kappa shape index (κ2) is 9.80. The van der Waals surface area contributed by atoms with Crippen LogP contribution in [0.5, 0.6) is 5.75 Å². The van der Waals surface area contributed by atoms with Crippen LogP contribution in [-0.2, 0) is 5.41 Å². The van der Waals surface area contributed by atoms with Crippen LogP contribution in [0.4, 0.5) is 0 Å². The number of aryl methyl sites for hydroxylation is 1. The smallest absolute Gasteiger partial charge is 0.176 e. The maximum absolute atomic E-state index is 13.1. The van der Waals surface area contributed by atoms with E-state index in [0.29, 0.717) is 22.9 Å². The van der Waals surface area contributed by atoms with Gasteiger partial charge in [0.1, 0.15) is 10.8 Å². The third-order valence-electron chi connectivity index (χ3n) is 5.47. The van der Waals surface area contributed by atoms with Crippen LogP contribution in [0, 0.1) is 6.92 Å². The van der Waals surface area contributed by atoms with E-state index in [1.54, 1.807) is 0 Å². The van der Waals surface area contributed by atoms with Crippen molar-refractivity contribution in [2.45, 2.75) is 45.1 Å². The van der Waals surface area contributed by atoms with Crippen molar-refractivity contribution >= 4 is 34.8 Å². The van der Waals surface area contributed by atoms with E-state index < -0.39 is 0 Å². The van der Waals surface area contributed by atoms with Crippen LogP contribution < -0.4 is 4.74 Å². The molecule has 7 heteroatoms. The van der Waals surface area contributed by atoms with Gasteiger partial charge in [-0.15, -0.1) is 0 Å². The van der Waals surface area contributed by atoms with Crippen molar-refractivity contribution in [2.24, 2.45) is 0 Å². The number of ether oxygens (including phenoxy) is 1. The molecule has 0 aliphatic rings. The van der Waals surface area contributed by atoms with E-state index in [1.165, 1.54) is 11.8 Å². The van der Waals surface area contributed by atoms with Crippen LogP contribution in [0.3, 0.4) is 0 Å². The summed E-state index contributed by atoms with van der Waals surface area (Å²) in [4.78, 5) is 18.1. The fourth-order valence-corrected chi connectivity index (χ4v) is 4.74. The maximum Gasteiger partial charge on any atom is 0.176 e. The molecule has 0 aliphatic carbocycles. The first-order valence-electron chi connectivity index (χ1n) is 11.2. The van der Waals surface area contributed by atoms with Crippen molar-refractivity contribution < 1.29 is 9.53 Å². The molecular weight excluding hydrogens is 466 g/mol. The van der Waals surface area contributed by atoms with E-state index in [9.17, 15) is 4.79 Å². The molecule has 4 rings (SSSR count). The van der Waals surface area contributed by atoms with Crippen LogP contribution >= 0.6 is 23.4 Å². The fourth-order valence-electron chi connectivity index (χ4n) is 3.73. The van der Waals surface area contributed by atoms with Gasteiger partial charge in [0.05, 0.1) is 29.3 Å². The van der Waals surface area contributed by atoms with Gasteiger partial charge in [0, 0.05) is 16.0 Å². The molecule has 5 nitrogen and oxygen atoms in total. The summed E-state index contributed by atoms with van der Waals surface area (Å²) in [5, 5.41) is 6.36. The summed E-state index contributed by atoms with van der Waals surface area (Å²) in [6.07, 6.45) is 0. The molecule has 34 heavy (non-hydrogen) atoms. The average Bonchev–Trinajstić information content (AvgIpc) is 3.13. The zero-order chi connectivity index (χ0) is 24.5. The Morgan fingerprint density at radius 2 is 1.82 bits per heavy atom. The number of Topliss-reactive ketones (excluding diaryl/α,β-unsaturated/α-hetero) is 1. The van der Waals surface area contributed by atoms with Crippen molar-refractivity contribution in [2.75, 3.05) is 12.4 Å². The zero-order valence-electron chi connectivity index (χ0n) is 20.1. The molecule has 0 N–H and O–H groups in total. The van der Waals surface area contributed by atoms with Gasteiger partial charge in [-0.1, -0.05) is 68.4 Å². The molecule has 0 bridgehead atoms.